The van der Waals surface area contributed by atoms with E-state index in [1.165, 1.54) is 12.1 Å². The van der Waals surface area contributed by atoms with E-state index in [4.69, 9.17) is 5.73 Å². The SMILES string of the molecule is Cc1cc(F)ccc1N1CC=CC=C1C#CCCC(N)=O. The lowest BCUT2D eigenvalue weighted by molar-refractivity contribution is -0.117. The summed E-state index contributed by atoms with van der Waals surface area (Å²) in [5.41, 5.74) is 7.70. The normalized spacial score (nSPS) is 13.4. The maximum Gasteiger partial charge on any atom is 0.218 e. The summed E-state index contributed by atoms with van der Waals surface area (Å²) in [4.78, 5) is 12.7. The van der Waals surface area contributed by atoms with E-state index in [1.807, 2.05) is 30.1 Å². The summed E-state index contributed by atoms with van der Waals surface area (Å²) in [7, 11) is 0. The van der Waals surface area contributed by atoms with E-state index in [0.29, 0.717) is 13.0 Å². The molecule has 0 saturated carbocycles. The summed E-state index contributed by atoms with van der Waals surface area (Å²) >= 11 is 0. The van der Waals surface area contributed by atoms with E-state index in [9.17, 15) is 9.18 Å². The fraction of sp³-hybridized carbons (Fsp3) is 0.235. The second-order valence-corrected chi connectivity index (χ2v) is 4.79. The van der Waals surface area contributed by atoms with Gasteiger partial charge in [0.25, 0.3) is 0 Å². The van der Waals surface area contributed by atoms with Gasteiger partial charge in [-0.1, -0.05) is 18.1 Å². The molecule has 0 aromatic heterocycles. The summed E-state index contributed by atoms with van der Waals surface area (Å²) in [6, 6.07) is 4.70. The van der Waals surface area contributed by atoms with Crippen LogP contribution in [0.15, 0.2) is 42.1 Å². The minimum atomic E-state index is -0.354. The molecule has 1 aliphatic rings. The van der Waals surface area contributed by atoms with Crippen LogP contribution in [0.4, 0.5) is 10.1 Å². The molecule has 0 spiro atoms. The Labute approximate surface area is 123 Å². The van der Waals surface area contributed by atoms with Crippen molar-refractivity contribution in [1.29, 1.82) is 0 Å². The summed E-state index contributed by atoms with van der Waals surface area (Å²) in [5.74, 6) is 5.40. The number of carbonyl (C=O) groups is 1. The highest BCUT2D eigenvalue weighted by atomic mass is 19.1. The molecule has 1 heterocycles. The van der Waals surface area contributed by atoms with Gasteiger partial charge in [-0.3, -0.25) is 4.79 Å². The van der Waals surface area contributed by atoms with E-state index in [0.717, 1.165) is 16.9 Å². The van der Waals surface area contributed by atoms with E-state index >= 15 is 0 Å². The van der Waals surface area contributed by atoms with Crippen LogP contribution >= 0.6 is 0 Å². The van der Waals surface area contributed by atoms with Gasteiger partial charge in [0.1, 0.15) is 5.82 Å². The van der Waals surface area contributed by atoms with Crippen molar-refractivity contribution in [3.8, 4) is 11.8 Å². The van der Waals surface area contributed by atoms with Crippen molar-refractivity contribution in [3.05, 3.63) is 53.5 Å². The third-order valence-electron chi connectivity index (χ3n) is 3.13. The summed E-state index contributed by atoms with van der Waals surface area (Å²) in [6.45, 7) is 2.55. The lowest BCUT2D eigenvalue weighted by atomic mass is 10.1. The van der Waals surface area contributed by atoms with Crippen molar-refractivity contribution in [2.45, 2.75) is 19.8 Å². The van der Waals surface area contributed by atoms with Crippen LogP contribution in [0.5, 0.6) is 0 Å². The minimum Gasteiger partial charge on any atom is -0.370 e. The van der Waals surface area contributed by atoms with Gasteiger partial charge in [-0.15, -0.1) is 0 Å². The maximum absolute atomic E-state index is 13.2. The van der Waals surface area contributed by atoms with Gasteiger partial charge in [-0.2, -0.15) is 0 Å². The van der Waals surface area contributed by atoms with Gasteiger partial charge < -0.3 is 10.6 Å². The molecule has 0 aliphatic carbocycles. The number of benzene rings is 1. The Morgan fingerprint density at radius 3 is 3.00 bits per heavy atom. The van der Waals surface area contributed by atoms with E-state index in [2.05, 4.69) is 11.8 Å². The number of nitrogens with zero attached hydrogens (tertiary/aromatic N) is 1. The number of anilines is 1. The number of rotatable bonds is 3. The van der Waals surface area contributed by atoms with E-state index in [1.54, 1.807) is 6.07 Å². The van der Waals surface area contributed by atoms with Gasteiger partial charge in [-0.25, -0.2) is 4.39 Å². The third-order valence-corrected chi connectivity index (χ3v) is 3.13. The van der Waals surface area contributed by atoms with Crippen LogP contribution in [0.25, 0.3) is 0 Å². The summed E-state index contributed by atoms with van der Waals surface area (Å²) in [5, 5.41) is 0. The quantitative estimate of drug-likeness (QED) is 0.867. The van der Waals surface area contributed by atoms with Crippen molar-refractivity contribution in [2.75, 3.05) is 11.4 Å². The van der Waals surface area contributed by atoms with Crippen molar-refractivity contribution in [2.24, 2.45) is 5.73 Å². The second kappa shape index (κ2) is 6.76. The van der Waals surface area contributed by atoms with Crippen LogP contribution in [0.1, 0.15) is 18.4 Å². The van der Waals surface area contributed by atoms with Gasteiger partial charge >= 0.3 is 0 Å². The highest BCUT2D eigenvalue weighted by Gasteiger charge is 2.13. The first-order valence-electron chi connectivity index (χ1n) is 6.75. The molecular weight excluding hydrogens is 267 g/mol. The standard InChI is InChI=1S/C17H17FN2O/c1-13-12-14(18)9-10-16(13)20-11-5-4-7-15(20)6-2-3-8-17(19)21/h4-5,7,9-10,12H,3,8,11H2,1H3,(H2,19,21). The first kappa shape index (κ1) is 14.9. The highest BCUT2D eigenvalue weighted by Crippen LogP contribution is 2.25. The molecule has 1 amide bonds. The van der Waals surface area contributed by atoms with Crippen molar-refractivity contribution in [3.63, 3.8) is 0 Å². The Balaban J connectivity index is 2.20. The predicted molar refractivity (Wildman–Crippen MR) is 81.9 cm³/mol. The summed E-state index contributed by atoms with van der Waals surface area (Å²) in [6.07, 6.45) is 6.55. The Kier molecular flexibility index (Phi) is 4.78. The molecule has 0 saturated heterocycles. The Bertz CT molecular complexity index is 665. The van der Waals surface area contributed by atoms with Crippen LogP contribution in [-0.4, -0.2) is 12.5 Å². The molecule has 0 unspecified atom stereocenters. The number of carbonyl (C=O) groups excluding carboxylic acids is 1. The molecule has 0 radical (unpaired) electrons. The topological polar surface area (TPSA) is 46.3 Å². The van der Waals surface area contributed by atoms with Gasteiger partial charge in [0.15, 0.2) is 0 Å². The number of amides is 1. The molecule has 4 heteroatoms. The summed E-state index contributed by atoms with van der Waals surface area (Å²) < 4.78 is 13.2. The molecule has 21 heavy (non-hydrogen) atoms. The lowest BCUT2D eigenvalue weighted by Crippen LogP contribution is -2.24. The smallest absolute Gasteiger partial charge is 0.218 e. The Hall–Kier alpha value is -2.54. The van der Waals surface area contributed by atoms with Crippen LogP contribution in [0, 0.1) is 24.6 Å². The molecule has 0 atom stereocenters. The molecule has 1 aliphatic heterocycles. The largest absolute Gasteiger partial charge is 0.370 e. The minimum absolute atomic E-state index is 0.248. The average molecular weight is 284 g/mol. The second-order valence-electron chi connectivity index (χ2n) is 4.79. The van der Waals surface area contributed by atoms with Gasteiger partial charge in [0.05, 0.1) is 5.70 Å². The first-order chi connectivity index (χ1) is 10.1. The zero-order valence-corrected chi connectivity index (χ0v) is 11.9. The number of halogens is 1. The van der Waals surface area contributed by atoms with Gasteiger partial charge in [0, 0.05) is 25.1 Å². The molecule has 2 rings (SSSR count). The Morgan fingerprint density at radius 1 is 1.48 bits per heavy atom. The van der Waals surface area contributed by atoms with Gasteiger partial charge in [0.2, 0.25) is 5.91 Å². The molecule has 2 N–H and O–H groups in total. The molecule has 1 aromatic rings. The Morgan fingerprint density at radius 2 is 2.29 bits per heavy atom. The number of primary amides is 1. The first-order valence-corrected chi connectivity index (χ1v) is 6.75. The lowest BCUT2D eigenvalue weighted by Gasteiger charge is -2.26. The number of aryl methyl sites for hydroxylation is 1. The van der Waals surface area contributed by atoms with Crippen molar-refractivity contribution < 1.29 is 9.18 Å². The van der Waals surface area contributed by atoms with E-state index < -0.39 is 0 Å². The van der Waals surface area contributed by atoms with Crippen LogP contribution < -0.4 is 10.6 Å². The molecular formula is C17H17FN2O. The van der Waals surface area contributed by atoms with Crippen molar-refractivity contribution in [1.82, 2.24) is 0 Å². The molecule has 1 aromatic carbocycles. The third kappa shape index (κ3) is 3.96. The van der Waals surface area contributed by atoms with Crippen molar-refractivity contribution >= 4 is 11.6 Å². The van der Waals surface area contributed by atoms with Crippen LogP contribution in [0.2, 0.25) is 0 Å². The zero-order chi connectivity index (χ0) is 15.2. The fourth-order valence-electron chi connectivity index (χ4n) is 2.11. The number of hydrogen-bond acceptors (Lipinski definition) is 2. The average Bonchev–Trinajstić information content (AvgIpc) is 2.44. The fourth-order valence-corrected chi connectivity index (χ4v) is 2.11. The molecule has 108 valence electrons. The molecule has 0 bridgehead atoms. The number of hydrogen-bond donors (Lipinski definition) is 1. The van der Waals surface area contributed by atoms with Gasteiger partial charge in [-0.05, 0) is 42.7 Å². The number of nitrogens with two attached hydrogens (primary N) is 1. The monoisotopic (exact) mass is 284 g/mol. The number of allylic oxidation sites excluding steroid dienone is 3. The predicted octanol–water partition coefficient (Wildman–Crippen LogP) is 2.66. The molecule has 3 nitrogen and oxygen atoms in total. The van der Waals surface area contributed by atoms with Crippen LogP contribution in [0.3, 0.4) is 0 Å². The van der Waals surface area contributed by atoms with E-state index in [-0.39, 0.29) is 18.1 Å². The maximum atomic E-state index is 13.2. The zero-order valence-electron chi connectivity index (χ0n) is 11.9. The highest BCUT2D eigenvalue weighted by molar-refractivity contribution is 5.74. The molecule has 0 fully saturated rings. The van der Waals surface area contributed by atoms with Crippen LogP contribution in [-0.2, 0) is 4.79 Å².